The first-order valence-electron chi connectivity index (χ1n) is 11.2. The summed E-state index contributed by atoms with van der Waals surface area (Å²) >= 11 is 0. The number of benzene rings is 1. The smallest absolute Gasteiger partial charge is 0.560 e. The molecule has 0 spiro atoms. The van der Waals surface area contributed by atoms with Crippen LogP contribution in [0.4, 0.5) is 5.69 Å². The van der Waals surface area contributed by atoms with Crippen molar-refractivity contribution in [3.63, 3.8) is 0 Å². The molecule has 0 aliphatic carbocycles. The van der Waals surface area contributed by atoms with Gasteiger partial charge >= 0.3 is 51.4 Å². The van der Waals surface area contributed by atoms with Gasteiger partial charge in [0, 0.05) is 29.9 Å². The van der Waals surface area contributed by atoms with E-state index in [9.17, 15) is 4.79 Å². The van der Waals surface area contributed by atoms with E-state index in [-0.39, 0.29) is 68.7 Å². The summed E-state index contributed by atoms with van der Waals surface area (Å²) in [6.45, 7) is 12.2. The van der Waals surface area contributed by atoms with E-state index in [2.05, 4.69) is 59.9 Å². The van der Waals surface area contributed by atoms with Gasteiger partial charge in [0.2, 0.25) is 0 Å². The maximum Gasteiger partial charge on any atom is 1.00 e. The van der Waals surface area contributed by atoms with Crippen molar-refractivity contribution in [2.45, 2.75) is 52.5 Å². The van der Waals surface area contributed by atoms with E-state index in [1.807, 2.05) is 70.0 Å². The Balaban J connectivity index is 0.00000578. The number of hydrogen-bond acceptors (Lipinski definition) is 5. The number of amides is 1. The maximum atomic E-state index is 12.7. The van der Waals surface area contributed by atoms with Crippen LogP contribution in [0.2, 0.25) is 0 Å². The number of hydrogen-bond donors (Lipinski definition) is 3. The van der Waals surface area contributed by atoms with Crippen LogP contribution in [0.25, 0.3) is 0 Å². The second kappa shape index (κ2) is 14.7. The Labute approximate surface area is 247 Å². The van der Waals surface area contributed by atoms with E-state index >= 15 is 0 Å². The molecule has 34 heavy (non-hydrogen) atoms. The minimum atomic E-state index is -0.229. The van der Waals surface area contributed by atoms with Crippen LogP contribution in [0.3, 0.4) is 0 Å². The van der Waals surface area contributed by atoms with E-state index in [1.54, 1.807) is 10.9 Å². The van der Waals surface area contributed by atoms with Crippen molar-refractivity contribution < 1.29 is 56.2 Å². The van der Waals surface area contributed by atoms with E-state index in [0.717, 1.165) is 23.4 Å². The molecular formula is C26H36KN6O-. The third-order valence-electron chi connectivity index (χ3n) is 4.92. The Kier molecular flexibility index (Phi) is 13.1. The average molecular weight is 488 g/mol. The van der Waals surface area contributed by atoms with E-state index in [1.165, 1.54) is 0 Å². The minimum absolute atomic E-state index is 0. The van der Waals surface area contributed by atoms with E-state index in [4.69, 9.17) is 0 Å². The molecule has 1 aromatic heterocycles. The van der Waals surface area contributed by atoms with Crippen LogP contribution < -0.4 is 67.3 Å². The zero-order chi connectivity index (χ0) is 24.4. The average Bonchev–Trinajstić information content (AvgIpc) is 3.17. The van der Waals surface area contributed by atoms with Gasteiger partial charge in [-0.05, 0) is 37.7 Å². The Morgan fingerprint density at radius 3 is 2.68 bits per heavy atom. The normalized spacial score (nSPS) is 13.1. The third kappa shape index (κ3) is 9.52. The molecule has 0 saturated carbocycles. The fourth-order valence-corrected chi connectivity index (χ4v) is 3.23. The first-order chi connectivity index (χ1) is 15.7. The molecule has 3 N–H and O–H groups in total. The van der Waals surface area contributed by atoms with Gasteiger partial charge in [0.25, 0.3) is 5.91 Å². The molecule has 0 radical (unpaired) electrons. The quantitative estimate of drug-likeness (QED) is 0.206. The predicted molar refractivity (Wildman–Crippen MR) is 136 cm³/mol. The van der Waals surface area contributed by atoms with Gasteiger partial charge in [-0.3, -0.25) is 9.48 Å². The maximum absolute atomic E-state index is 12.7. The molecule has 1 aromatic carbocycles. The number of aliphatic imine (C=N–C) groups is 1. The third-order valence-corrected chi connectivity index (χ3v) is 4.92. The summed E-state index contributed by atoms with van der Waals surface area (Å²) in [6, 6.07) is 9.56. The molecule has 2 rings (SSSR count). The number of rotatable bonds is 10. The van der Waals surface area contributed by atoms with E-state index < -0.39 is 0 Å². The van der Waals surface area contributed by atoms with Crippen molar-refractivity contribution in [1.29, 1.82) is 0 Å². The first kappa shape index (κ1) is 30.3. The molecule has 7 nitrogen and oxygen atoms in total. The SMILES string of the molecule is CC/C=C/C([CH-]NC)=NC=[C-]NC(C)c1cccc(NC(=O)c2cc(C(C)(C)C)n(C)n2)c1.[K+]. The summed E-state index contributed by atoms with van der Waals surface area (Å²) in [6.07, 6.45) is 9.57. The molecule has 0 fully saturated rings. The standard InChI is InChI=1S/C26H36N6O.K/c1-8-9-12-22(18-27-6)29-15-14-28-19(2)20-11-10-13-21(16-20)30-25(33)23-17-24(26(3,4)5)32(7)31-23;/h9-13,15-19,27-28H,8H2,1-7H3,(H,30,33);/q-2;+1/b12-9+,29-22?;. The molecule has 0 saturated heterocycles. The number of carbonyl (C=O) groups is 1. The van der Waals surface area contributed by atoms with Gasteiger partial charge < -0.3 is 27.1 Å². The number of nitrogens with zero attached hydrogens (tertiary/aromatic N) is 3. The molecule has 8 heteroatoms. The van der Waals surface area contributed by atoms with Crippen LogP contribution in [-0.2, 0) is 12.5 Å². The molecule has 1 amide bonds. The molecule has 0 aliphatic rings. The van der Waals surface area contributed by atoms with Gasteiger partial charge in [-0.1, -0.05) is 52.0 Å². The van der Waals surface area contributed by atoms with Crippen molar-refractivity contribution in [3.05, 3.63) is 78.4 Å². The zero-order valence-electron chi connectivity index (χ0n) is 21.7. The molecule has 1 heterocycles. The number of nitrogens with one attached hydrogen (secondary N) is 3. The molecule has 2 aromatic rings. The Hall–Kier alpha value is -1.68. The first-order valence-corrected chi connectivity index (χ1v) is 11.2. The number of anilines is 1. The van der Waals surface area contributed by atoms with Crippen LogP contribution in [-0.4, -0.2) is 28.4 Å². The largest absolute Gasteiger partial charge is 1.00 e. The van der Waals surface area contributed by atoms with Crippen molar-refractivity contribution >= 4 is 17.3 Å². The monoisotopic (exact) mass is 487 g/mol. The minimum Gasteiger partial charge on any atom is -0.560 e. The van der Waals surface area contributed by atoms with Crippen molar-refractivity contribution in [2.24, 2.45) is 12.0 Å². The summed E-state index contributed by atoms with van der Waals surface area (Å²) < 4.78 is 1.76. The van der Waals surface area contributed by atoms with Crippen molar-refractivity contribution in [1.82, 2.24) is 20.4 Å². The molecule has 0 bridgehead atoms. The molecule has 178 valence electrons. The number of aryl methyl sites for hydroxylation is 1. The zero-order valence-corrected chi connectivity index (χ0v) is 24.9. The van der Waals surface area contributed by atoms with Crippen LogP contribution in [0.1, 0.15) is 68.8 Å². The predicted octanol–water partition coefficient (Wildman–Crippen LogP) is 1.69. The number of allylic oxidation sites excluding steroid dienone is 1. The second-order valence-corrected chi connectivity index (χ2v) is 8.81. The van der Waals surface area contributed by atoms with Crippen LogP contribution in [0, 0.1) is 12.7 Å². The van der Waals surface area contributed by atoms with Crippen molar-refractivity contribution in [2.75, 3.05) is 12.4 Å². The van der Waals surface area contributed by atoms with E-state index in [0.29, 0.717) is 11.4 Å². The van der Waals surface area contributed by atoms with Gasteiger partial charge in [0.1, 0.15) is 0 Å². The molecule has 1 atom stereocenters. The molecule has 1 unspecified atom stereocenters. The second-order valence-electron chi connectivity index (χ2n) is 8.81. The summed E-state index contributed by atoms with van der Waals surface area (Å²) in [4.78, 5) is 17.1. The van der Waals surface area contributed by atoms with Gasteiger partial charge in [-0.2, -0.15) is 17.3 Å². The summed E-state index contributed by atoms with van der Waals surface area (Å²) in [7, 11) is 3.70. The van der Waals surface area contributed by atoms with Crippen LogP contribution in [0.15, 0.2) is 53.7 Å². The molecular weight excluding hydrogens is 451 g/mol. The van der Waals surface area contributed by atoms with Gasteiger partial charge in [-0.15, -0.1) is 12.7 Å². The van der Waals surface area contributed by atoms with Crippen molar-refractivity contribution in [3.8, 4) is 0 Å². The number of aromatic nitrogens is 2. The topological polar surface area (TPSA) is 83.3 Å². The van der Waals surface area contributed by atoms with Crippen LogP contribution in [0.5, 0.6) is 0 Å². The van der Waals surface area contributed by atoms with Gasteiger partial charge in [0.05, 0.1) is 0 Å². The van der Waals surface area contributed by atoms with Gasteiger partial charge in [-0.25, -0.2) is 0 Å². The fraction of sp³-hybridized carbons (Fsp3) is 0.385. The Morgan fingerprint density at radius 2 is 2.06 bits per heavy atom. The number of carbonyl (C=O) groups excluding carboxylic acids is 1. The summed E-state index contributed by atoms with van der Waals surface area (Å²) in [5, 5.41) is 13.5. The summed E-state index contributed by atoms with van der Waals surface area (Å²) in [5.41, 5.74) is 3.86. The fourth-order valence-electron chi connectivity index (χ4n) is 3.23. The van der Waals surface area contributed by atoms with Gasteiger partial charge in [0.15, 0.2) is 5.69 Å². The summed E-state index contributed by atoms with van der Waals surface area (Å²) in [5.74, 6) is -0.229. The molecule has 0 aliphatic heterocycles. The Morgan fingerprint density at radius 1 is 1.32 bits per heavy atom. The Bertz CT molecular complexity index is 1020. The van der Waals surface area contributed by atoms with Crippen LogP contribution >= 0.6 is 0 Å².